The average Bonchev–Trinajstić information content (AvgIpc) is 2.44. The van der Waals surface area contributed by atoms with Crippen molar-refractivity contribution in [1.29, 1.82) is 0 Å². The topological polar surface area (TPSA) is 30.5 Å². The molecule has 3 atom stereocenters. The lowest BCUT2D eigenvalue weighted by molar-refractivity contribution is 0.146. The Labute approximate surface area is 116 Å². The van der Waals surface area contributed by atoms with Crippen molar-refractivity contribution < 1.29 is 9.47 Å². The van der Waals surface area contributed by atoms with E-state index in [0.717, 1.165) is 18.2 Å². The van der Waals surface area contributed by atoms with Crippen LogP contribution in [0.2, 0.25) is 0 Å². The summed E-state index contributed by atoms with van der Waals surface area (Å²) in [6.07, 6.45) is 1.25. The predicted molar refractivity (Wildman–Crippen MR) is 77.8 cm³/mol. The third-order valence-corrected chi connectivity index (χ3v) is 4.11. The minimum Gasteiger partial charge on any atom is -0.491 e. The lowest BCUT2D eigenvalue weighted by Crippen LogP contribution is -2.47. The Balaban J connectivity index is 1.85. The van der Waals surface area contributed by atoms with Gasteiger partial charge in [-0.2, -0.15) is 0 Å². The van der Waals surface area contributed by atoms with Gasteiger partial charge in [-0.3, -0.25) is 0 Å². The molecule has 1 aromatic carbocycles. The maximum atomic E-state index is 5.58. The molecular weight excluding hydrogens is 238 g/mol. The van der Waals surface area contributed by atoms with Gasteiger partial charge in [0.25, 0.3) is 0 Å². The van der Waals surface area contributed by atoms with Crippen LogP contribution in [0, 0.1) is 5.92 Å². The molecule has 0 amide bonds. The molecule has 0 bridgehead atoms. The molecule has 3 nitrogen and oxygen atoms in total. The fraction of sp³-hybridized carbons (Fsp3) is 0.625. The maximum Gasteiger partial charge on any atom is 0.119 e. The van der Waals surface area contributed by atoms with Crippen molar-refractivity contribution in [3.63, 3.8) is 0 Å². The first-order valence-electron chi connectivity index (χ1n) is 7.21. The van der Waals surface area contributed by atoms with E-state index in [1.54, 1.807) is 7.11 Å². The second-order valence-corrected chi connectivity index (χ2v) is 5.28. The van der Waals surface area contributed by atoms with E-state index < -0.39 is 0 Å². The van der Waals surface area contributed by atoms with E-state index in [9.17, 15) is 0 Å². The van der Waals surface area contributed by atoms with E-state index in [0.29, 0.717) is 25.2 Å². The van der Waals surface area contributed by atoms with Crippen LogP contribution in [0.15, 0.2) is 24.3 Å². The molecular formula is C16H25NO2. The Morgan fingerprint density at radius 3 is 2.53 bits per heavy atom. The Morgan fingerprint density at radius 2 is 1.95 bits per heavy atom. The van der Waals surface area contributed by atoms with Crippen molar-refractivity contribution >= 4 is 0 Å². The molecule has 0 radical (unpaired) electrons. The largest absolute Gasteiger partial charge is 0.491 e. The molecule has 1 saturated carbocycles. The van der Waals surface area contributed by atoms with E-state index in [4.69, 9.17) is 9.47 Å². The number of rotatable bonds is 7. The number of hydrogen-bond acceptors (Lipinski definition) is 3. The molecule has 1 aliphatic carbocycles. The summed E-state index contributed by atoms with van der Waals surface area (Å²) in [5.41, 5.74) is 1.43. The Morgan fingerprint density at radius 1 is 1.21 bits per heavy atom. The van der Waals surface area contributed by atoms with Gasteiger partial charge in [-0.05, 0) is 42.5 Å². The molecule has 19 heavy (non-hydrogen) atoms. The number of hydrogen-bond donors (Lipinski definition) is 1. The summed E-state index contributed by atoms with van der Waals surface area (Å²) in [5, 5.41) is 3.54. The zero-order valence-corrected chi connectivity index (χ0v) is 12.2. The van der Waals surface area contributed by atoms with Crippen LogP contribution in [-0.4, -0.2) is 32.9 Å². The first-order chi connectivity index (χ1) is 9.26. The van der Waals surface area contributed by atoms with E-state index in [1.807, 2.05) is 0 Å². The first kappa shape index (κ1) is 14.4. The van der Waals surface area contributed by atoms with Crippen LogP contribution in [0.5, 0.6) is 5.75 Å². The van der Waals surface area contributed by atoms with Gasteiger partial charge in [-0.1, -0.05) is 26.0 Å². The maximum absolute atomic E-state index is 5.58. The lowest BCUT2D eigenvalue weighted by atomic mass is 9.67. The zero-order chi connectivity index (χ0) is 13.7. The number of methoxy groups -OCH3 is 1. The normalized spacial score (nSPS) is 25.9. The molecule has 3 heteroatoms. The van der Waals surface area contributed by atoms with E-state index >= 15 is 0 Å². The smallest absolute Gasteiger partial charge is 0.119 e. The van der Waals surface area contributed by atoms with Gasteiger partial charge in [0.2, 0.25) is 0 Å². The summed E-state index contributed by atoms with van der Waals surface area (Å²) in [5.74, 6) is 2.34. The molecule has 106 valence electrons. The summed E-state index contributed by atoms with van der Waals surface area (Å²) < 4.78 is 10.6. The third kappa shape index (κ3) is 3.48. The molecule has 1 fully saturated rings. The van der Waals surface area contributed by atoms with Crippen LogP contribution in [0.4, 0.5) is 0 Å². The summed E-state index contributed by atoms with van der Waals surface area (Å²) in [7, 11) is 1.69. The van der Waals surface area contributed by atoms with Crippen LogP contribution >= 0.6 is 0 Å². The molecule has 0 aromatic heterocycles. The zero-order valence-electron chi connectivity index (χ0n) is 12.2. The molecule has 1 aromatic rings. The van der Waals surface area contributed by atoms with Crippen LogP contribution in [0.25, 0.3) is 0 Å². The third-order valence-electron chi connectivity index (χ3n) is 4.11. The average molecular weight is 263 g/mol. The summed E-state index contributed by atoms with van der Waals surface area (Å²) in [6, 6.07) is 9.22. The van der Waals surface area contributed by atoms with Crippen LogP contribution in [-0.2, 0) is 4.74 Å². The quantitative estimate of drug-likeness (QED) is 0.767. The fourth-order valence-corrected chi connectivity index (χ4v) is 2.81. The summed E-state index contributed by atoms with van der Waals surface area (Å²) in [4.78, 5) is 0. The molecule has 0 heterocycles. The first-order valence-corrected chi connectivity index (χ1v) is 7.21. The molecule has 1 N–H and O–H groups in total. The molecule has 0 saturated heterocycles. The fourth-order valence-electron chi connectivity index (χ4n) is 2.81. The minimum absolute atomic E-state index is 0.609. The van der Waals surface area contributed by atoms with E-state index in [2.05, 4.69) is 43.4 Å². The molecule has 0 aliphatic heterocycles. The van der Waals surface area contributed by atoms with Gasteiger partial charge in [-0.25, -0.2) is 0 Å². The van der Waals surface area contributed by atoms with Crippen LogP contribution in [0.3, 0.4) is 0 Å². The van der Waals surface area contributed by atoms with Crippen molar-refractivity contribution in [2.24, 2.45) is 5.92 Å². The van der Waals surface area contributed by atoms with Gasteiger partial charge < -0.3 is 14.8 Å². The Hall–Kier alpha value is -1.06. The highest BCUT2D eigenvalue weighted by Gasteiger charge is 2.37. The van der Waals surface area contributed by atoms with Crippen molar-refractivity contribution in [3.05, 3.63) is 29.8 Å². The predicted octanol–water partition coefficient (Wildman–Crippen LogP) is 2.81. The number of nitrogens with one attached hydrogen (secondary N) is 1. The van der Waals surface area contributed by atoms with Crippen molar-refractivity contribution in [1.82, 2.24) is 5.32 Å². The van der Waals surface area contributed by atoms with Gasteiger partial charge in [-0.15, -0.1) is 0 Å². The van der Waals surface area contributed by atoms with Crippen LogP contribution < -0.4 is 10.1 Å². The van der Waals surface area contributed by atoms with Gasteiger partial charge in [0, 0.05) is 13.2 Å². The monoisotopic (exact) mass is 263 g/mol. The van der Waals surface area contributed by atoms with E-state index in [1.165, 1.54) is 12.0 Å². The number of benzene rings is 1. The Bertz CT molecular complexity index is 377. The number of ether oxygens (including phenoxy) is 2. The van der Waals surface area contributed by atoms with Crippen molar-refractivity contribution in [2.75, 3.05) is 26.9 Å². The van der Waals surface area contributed by atoms with Crippen molar-refractivity contribution in [3.8, 4) is 5.75 Å². The van der Waals surface area contributed by atoms with Crippen LogP contribution in [0.1, 0.15) is 31.7 Å². The molecule has 3 unspecified atom stereocenters. The highest BCUT2D eigenvalue weighted by atomic mass is 16.5. The molecule has 1 aliphatic rings. The second-order valence-electron chi connectivity index (χ2n) is 5.28. The second kappa shape index (κ2) is 6.92. The lowest BCUT2D eigenvalue weighted by Gasteiger charge is -2.43. The van der Waals surface area contributed by atoms with Gasteiger partial charge in [0.05, 0.1) is 6.61 Å². The van der Waals surface area contributed by atoms with E-state index in [-0.39, 0.29) is 0 Å². The Kier molecular flexibility index (Phi) is 5.23. The minimum atomic E-state index is 0.609. The molecule has 0 spiro atoms. The van der Waals surface area contributed by atoms with Crippen molar-refractivity contribution in [2.45, 2.75) is 32.2 Å². The van der Waals surface area contributed by atoms with Gasteiger partial charge in [0.1, 0.15) is 12.4 Å². The highest BCUT2D eigenvalue weighted by molar-refractivity contribution is 5.31. The SMILES string of the molecule is CCNC1CC(c2ccc(OCCOC)cc2)C1C. The summed E-state index contributed by atoms with van der Waals surface area (Å²) in [6.45, 7) is 6.81. The van der Waals surface area contributed by atoms with Gasteiger partial charge in [0.15, 0.2) is 0 Å². The summed E-state index contributed by atoms with van der Waals surface area (Å²) >= 11 is 0. The molecule has 2 rings (SSSR count). The standard InChI is InChI=1S/C16H25NO2/c1-4-17-16-11-15(12(16)2)13-5-7-14(8-6-13)19-10-9-18-3/h5-8,12,15-17H,4,9-11H2,1-3H3. The highest BCUT2D eigenvalue weighted by Crippen LogP contribution is 2.42. The van der Waals surface area contributed by atoms with Gasteiger partial charge >= 0.3 is 0 Å².